The van der Waals surface area contributed by atoms with E-state index in [0.717, 1.165) is 11.3 Å². The van der Waals surface area contributed by atoms with E-state index < -0.39 is 11.4 Å². The Morgan fingerprint density at radius 2 is 2.05 bits per heavy atom. The molecule has 0 aliphatic rings. The Balaban J connectivity index is 2.75. The van der Waals surface area contributed by atoms with Crippen LogP contribution < -0.4 is 10.1 Å². The lowest BCUT2D eigenvalue weighted by Crippen LogP contribution is -2.40. The maximum atomic E-state index is 11.4. The van der Waals surface area contributed by atoms with Gasteiger partial charge in [-0.1, -0.05) is 13.8 Å². The van der Waals surface area contributed by atoms with Crippen molar-refractivity contribution < 1.29 is 14.6 Å². The first-order valence-corrected chi connectivity index (χ1v) is 6.92. The molecule has 2 N–H and O–H groups in total. The number of rotatable bonds is 8. The van der Waals surface area contributed by atoms with Gasteiger partial charge in [0.15, 0.2) is 0 Å². The molecule has 0 amide bonds. The molecular weight excluding hydrogens is 258 g/mol. The maximum absolute atomic E-state index is 11.4. The molecule has 1 rings (SSSR count). The third-order valence-corrected chi connectivity index (χ3v) is 4.05. The van der Waals surface area contributed by atoms with Crippen molar-refractivity contribution in [3.05, 3.63) is 11.3 Å². The zero-order valence-corrected chi connectivity index (χ0v) is 13.0. The van der Waals surface area contributed by atoms with E-state index in [4.69, 9.17) is 4.74 Å². The van der Waals surface area contributed by atoms with E-state index in [1.807, 2.05) is 27.8 Å². The third kappa shape index (κ3) is 3.12. The number of carboxylic acids is 1. The van der Waals surface area contributed by atoms with Gasteiger partial charge in [0, 0.05) is 20.1 Å². The zero-order chi connectivity index (χ0) is 15.3. The molecule has 0 saturated heterocycles. The number of aryl methyl sites for hydroxylation is 2. The van der Waals surface area contributed by atoms with Gasteiger partial charge in [-0.15, -0.1) is 0 Å². The normalized spacial score (nSPS) is 11.7. The molecule has 0 aliphatic heterocycles. The molecule has 0 radical (unpaired) electrons. The number of aliphatic carboxylic acids is 1. The Hall–Kier alpha value is -1.56. The van der Waals surface area contributed by atoms with Crippen molar-refractivity contribution in [3.8, 4) is 5.88 Å². The maximum Gasteiger partial charge on any atom is 0.310 e. The van der Waals surface area contributed by atoms with Crippen LogP contribution in [-0.4, -0.2) is 34.5 Å². The van der Waals surface area contributed by atoms with Crippen LogP contribution >= 0.6 is 0 Å². The lowest BCUT2D eigenvalue weighted by atomic mass is 9.82. The van der Waals surface area contributed by atoms with Gasteiger partial charge in [-0.3, -0.25) is 4.79 Å². The van der Waals surface area contributed by atoms with Crippen molar-refractivity contribution in [2.75, 3.05) is 13.7 Å². The summed E-state index contributed by atoms with van der Waals surface area (Å²) >= 11 is 0. The van der Waals surface area contributed by atoms with Crippen LogP contribution in [0.15, 0.2) is 0 Å². The summed E-state index contributed by atoms with van der Waals surface area (Å²) in [6.07, 6.45) is 1.21. The molecule has 0 aliphatic carbocycles. The standard InChI is InChI=1S/C14H25N3O3/c1-6-14(7-2,13(18)19)9-15-8-11-10(3)16-17(4)12(11)20-5/h15H,6-9H2,1-5H3,(H,18,19). The summed E-state index contributed by atoms with van der Waals surface area (Å²) < 4.78 is 7.01. The van der Waals surface area contributed by atoms with E-state index >= 15 is 0 Å². The van der Waals surface area contributed by atoms with Crippen LogP contribution in [0.25, 0.3) is 0 Å². The number of nitrogens with zero attached hydrogens (tertiary/aromatic N) is 2. The van der Waals surface area contributed by atoms with Crippen molar-refractivity contribution in [2.24, 2.45) is 12.5 Å². The average molecular weight is 283 g/mol. The molecule has 0 unspecified atom stereocenters. The summed E-state index contributed by atoms with van der Waals surface area (Å²) in [5, 5.41) is 16.9. The first kappa shape index (κ1) is 16.5. The molecule has 1 aromatic rings. The molecule has 20 heavy (non-hydrogen) atoms. The highest BCUT2D eigenvalue weighted by Crippen LogP contribution is 2.26. The molecule has 1 heterocycles. The number of ether oxygens (including phenoxy) is 1. The van der Waals surface area contributed by atoms with Gasteiger partial charge in [-0.25, -0.2) is 4.68 Å². The molecule has 0 fully saturated rings. The first-order valence-electron chi connectivity index (χ1n) is 6.92. The second-order valence-electron chi connectivity index (χ2n) is 5.09. The summed E-state index contributed by atoms with van der Waals surface area (Å²) in [5.74, 6) is -0.0335. The quantitative estimate of drug-likeness (QED) is 0.759. The Morgan fingerprint density at radius 3 is 2.50 bits per heavy atom. The summed E-state index contributed by atoms with van der Waals surface area (Å²) in [6.45, 7) is 6.73. The summed E-state index contributed by atoms with van der Waals surface area (Å²) in [5.41, 5.74) is 1.16. The molecule has 1 aromatic heterocycles. The molecule has 114 valence electrons. The van der Waals surface area contributed by atoms with Crippen LogP contribution in [0, 0.1) is 12.3 Å². The summed E-state index contributed by atoms with van der Waals surface area (Å²) in [4.78, 5) is 11.4. The largest absolute Gasteiger partial charge is 0.481 e. The molecule has 0 bridgehead atoms. The van der Waals surface area contributed by atoms with Crippen LogP contribution in [-0.2, 0) is 18.4 Å². The number of carboxylic acid groups (broad SMARTS) is 1. The van der Waals surface area contributed by atoms with Crippen LogP contribution in [0.4, 0.5) is 0 Å². The van der Waals surface area contributed by atoms with Gasteiger partial charge in [0.2, 0.25) is 5.88 Å². The number of aromatic nitrogens is 2. The minimum absolute atomic E-state index is 0.437. The van der Waals surface area contributed by atoms with E-state index in [9.17, 15) is 9.90 Å². The van der Waals surface area contributed by atoms with Crippen LogP contribution in [0.5, 0.6) is 5.88 Å². The lowest BCUT2D eigenvalue weighted by molar-refractivity contribution is -0.149. The second kappa shape index (κ2) is 6.74. The molecule has 6 nitrogen and oxygen atoms in total. The molecule has 0 atom stereocenters. The van der Waals surface area contributed by atoms with E-state index in [1.165, 1.54) is 0 Å². The van der Waals surface area contributed by atoms with Gasteiger partial charge >= 0.3 is 5.97 Å². The average Bonchev–Trinajstić information content (AvgIpc) is 2.68. The molecule has 0 spiro atoms. The second-order valence-corrected chi connectivity index (χ2v) is 5.09. The number of hydrogen-bond acceptors (Lipinski definition) is 4. The first-order chi connectivity index (χ1) is 9.41. The Morgan fingerprint density at radius 1 is 1.45 bits per heavy atom. The molecular formula is C14H25N3O3. The smallest absolute Gasteiger partial charge is 0.310 e. The van der Waals surface area contributed by atoms with Crippen LogP contribution in [0.2, 0.25) is 0 Å². The van der Waals surface area contributed by atoms with Gasteiger partial charge in [0.05, 0.1) is 23.8 Å². The van der Waals surface area contributed by atoms with E-state index in [2.05, 4.69) is 10.4 Å². The van der Waals surface area contributed by atoms with E-state index in [1.54, 1.807) is 11.8 Å². The minimum atomic E-state index is -0.745. The molecule has 6 heteroatoms. The fourth-order valence-electron chi connectivity index (χ4n) is 2.44. The van der Waals surface area contributed by atoms with Crippen molar-refractivity contribution in [1.29, 1.82) is 0 Å². The highest BCUT2D eigenvalue weighted by Gasteiger charge is 2.34. The topological polar surface area (TPSA) is 76.4 Å². The number of hydrogen-bond donors (Lipinski definition) is 2. The van der Waals surface area contributed by atoms with Crippen LogP contribution in [0.3, 0.4) is 0 Å². The van der Waals surface area contributed by atoms with Crippen LogP contribution in [0.1, 0.15) is 37.9 Å². The van der Waals surface area contributed by atoms with E-state index in [0.29, 0.717) is 31.8 Å². The predicted octanol–water partition coefficient (Wildman–Crippen LogP) is 1.72. The molecule has 0 aromatic carbocycles. The van der Waals surface area contributed by atoms with E-state index in [-0.39, 0.29) is 0 Å². The highest BCUT2D eigenvalue weighted by molar-refractivity contribution is 5.74. The van der Waals surface area contributed by atoms with Gasteiger partial charge in [-0.05, 0) is 19.8 Å². The summed E-state index contributed by atoms with van der Waals surface area (Å²) in [7, 11) is 3.44. The van der Waals surface area contributed by atoms with Crippen molar-refractivity contribution in [1.82, 2.24) is 15.1 Å². The number of carbonyl (C=O) groups is 1. The Labute approximate surface area is 120 Å². The van der Waals surface area contributed by atoms with Gasteiger partial charge in [0.25, 0.3) is 0 Å². The minimum Gasteiger partial charge on any atom is -0.481 e. The SMILES string of the molecule is CCC(CC)(CNCc1c(C)nn(C)c1OC)C(=O)O. The van der Waals surface area contributed by atoms with Gasteiger partial charge in [-0.2, -0.15) is 5.10 Å². The number of nitrogens with one attached hydrogen (secondary N) is 1. The van der Waals surface area contributed by atoms with Gasteiger partial charge < -0.3 is 15.2 Å². The fraction of sp³-hybridized carbons (Fsp3) is 0.714. The highest BCUT2D eigenvalue weighted by atomic mass is 16.5. The summed E-state index contributed by atoms with van der Waals surface area (Å²) in [6, 6.07) is 0. The van der Waals surface area contributed by atoms with Crippen molar-refractivity contribution in [2.45, 2.75) is 40.2 Å². The van der Waals surface area contributed by atoms with Crippen molar-refractivity contribution in [3.63, 3.8) is 0 Å². The predicted molar refractivity (Wildman–Crippen MR) is 76.9 cm³/mol. The van der Waals surface area contributed by atoms with Gasteiger partial charge in [0.1, 0.15) is 0 Å². The van der Waals surface area contributed by atoms with Crippen molar-refractivity contribution >= 4 is 5.97 Å². The molecule has 0 saturated carbocycles. The monoisotopic (exact) mass is 283 g/mol. The third-order valence-electron chi connectivity index (χ3n) is 4.05. The number of methoxy groups -OCH3 is 1. The fourth-order valence-corrected chi connectivity index (χ4v) is 2.44. The Bertz CT molecular complexity index is 464. The lowest BCUT2D eigenvalue weighted by Gasteiger charge is -2.27. The zero-order valence-electron chi connectivity index (χ0n) is 13.0. The Kier molecular flexibility index (Phi) is 5.56.